The standard InChI is InChI=1S/C57H77N5O11Si2/c1-67-43-19-17-40(18-20-43)42-28-49-57(66)62(37-71-24-26-75(7,8)9)47-32-53(51(69-3)30-45(47)55(64)60(49)35-42)73-22-12-10-11-21-72-52-31-46-44(29-50(52)68-2)54(63)59-34-41(39-15-13-38(33-58)14-16-39)27-48(59)56(65)61(46)36-70-23-25-74(4,5)6/h13-20,29-32,34-35,48-49,56-57,65-66H,10-12,21-28,33,36-37,58H2,1-9H3/t48-,49-,56?,57?/m0/s1. The molecule has 4 heterocycles. The lowest BCUT2D eigenvalue weighted by Gasteiger charge is -2.34. The fraction of sp³-hybridized carbons (Fsp3) is 0.474. The van der Waals surface area contributed by atoms with Crippen molar-refractivity contribution >= 4 is 50.5 Å². The molecule has 0 aromatic heterocycles. The molecule has 0 radical (unpaired) electrons. The molecule has 4 N–H and O–H groups in total. The van der Waals surface area contributed by atoms with Gasteiger partial charge in [-0.25, -0.2) is 0 Å². The summed E-state index contributed by atoms with van der Waals surface area (Å²) in [4.78, 5) is 35.8. The van der Waals surface area contributed by atoms with Gasteiger partial charge in [-0.15, -0.1) is 0 Å². The molecule has 18 heteroatoms. The minimum atomic E-state index is -1.40. The third-order valence-electron chi connectivity index (χ3n) is 14.4. The van der Waals surface area contributed by atoms with Crippen molar-refractivity contribution in [3.8, 4) is 28.7 Å². The number of carbonyl (C=O) groups excluding carboxylic acids is 2. The van der Waals surface area contributed by atoms with Crippen molar-refractivity contribution in [2.75, 3.05) is 71.0 Å². The number of nitrogens with two attached hydrogens (primary N) is 1. The topological polar surface area (TPSA) is 178 Å². The van der Waals surface area contributed by atoms with Gasteiger partial charge in [-0.05, 0) is 96.3 Å². The molecule has 2 amide bonds. The smallest absolute Gasteiger partial charge is 0.260 e. The first-order valence-corrected chi connectivity index (χ1v) is 33.6. The summed E-state index contributed by atoms with van der Waals surface area (Å²) in [6.45, 7) is 16.1. The summed E-state index contributed by atoms with van der Waals surface area (Å²) in [5.41, 5.74) is 12.4. The number of methoxy groups -OCH3 is 3. The molecule has 2 unspecified atom stereocenters. The van der Waals surface area contributed by atoms with E-state index in [2.05, 4.69) is 39.3 Å². The van der Waals surface area contributed by atoms with E-state index in [1.54, 1.807) is 65.2 Å². The van der Waals surface area contributed by atoms with Gasteiger partial charge in [-0.1, -0.05) is 75.7 Å². The van der Waals surface area contributed by atoms with Crippen LogP contribution in [0.15, 0.2) is 85.2 Å². The average molecular weight is 1060 g/mol. The van der Waals surface area contributed by atoms with Crippen molar-refractivity contribution in [3.63, 3.8) is 0 Å². The van der Waals surface area contributed by atoms with Gasteiger partial charge < -0.3 is 68.7 Å². The normalized spacial score (nSPS) is 19.4. The molecule has 4 atom stereocenters. The number of hydrogen-bond donors (Lipinski definition) is 3. The summed E-state index contributed by atoms with van der Waals surface area (Å²) in [6.07, 6.45) is 4.55. The average Bonchev–Trinajstić information content (AvgIpc) is 4.03. The summed E-state index contributed by atoms with van der Waals surface area (Å²) in [7, 11) is 1.92. The maximum absolute atomic E-state index is 14.5. The van der Waals surface area contributed by atoms with Crippen LogP contribution in [0.1, 0.15) is 69.5 Å². The Labute approximate surface area is 444 Å². The second kappa shape index (κ2) is 24.0. The van der Waals surface area contributed by atoms with Gasteiger partial charge in [0.25, 0.3) is 11.8 Å². The maximum atomic E-state index is 14.5. The molecular formula is C57H77N5O11Si2. The molecular weight excluding hydrogens is 987 g/mol. The second-order valence-electron chi connectivity index (χ2n) is 22.2. The lowest BCUT2D eigenvalue weighted by atomic mass is 10.00. The first kappa shape index (κ1) is 55.4. The number of hydrogen-bond acceptors (Lipinski definition) is 14. The van der Waals surface area contributed by atoms with Crippen LogP contribution in [0.3, 0.4) is 0 Å². The fourth-order valence-corrected chi connectivity index (χ4v) is 11.3. The first-order chi connectivity index (χ1) is 35.9. The van der Waals surface area contributed by atoms with Gasteiger partial charge in [0.05, 0.1) is 69.1 Å². The summed E-state index contributed by atoms with van der Waals surface area (Å²) in [5, 5.41) is 24.3. The number of aliphatic hydroxyl groups excluding tert-OH is 2. The van der Waals surface area contributed by atoms with Gasteiger partial charge in [-0.2, -0.15) is 0 Å². The van der Waals surface area contributed by atoms with Gasteiger partial charge in [0.15, 0.2) is 23.0 Å². The summed E-state index contributed by atoms with van der Waals surface area (Å²) in [6, 6.07) is 23.4. The van der Waals surface area contributed by atoms with E-state index in [1.165, 1.54) is 0 Å². The fourth-order valence-electron chi connectivity index (χ4n) is 9.80. The Bertz CT molecular complexity index is 2520. The monoisotopic (exact) mass is 1060 g/mol. The molecule has 0 saturated heterocycles. The van der Waals surface area contributed by atoms with Crippen LogP contribution in [0.2, 0.25) is 51.4 Å². The minimum absolute atomic E-state index is 0.0824. The van der Waals surface area contributed by atoms with Crippen molar-refractivity contribution < 1.29 is 53.0 Å². The van der Waals surface area contributed by atoms with Gasteiger partial charge in [0, 0.05) is 60.4 Å². The van der Waals surface area contributed by atoms with Gasteiger partial charge >= 0.3 is 0 Å². The number of rotatable bonds is 24. The van der Waals surface area contributed by atoms with E-state index < -0.39 is 40.7 Å². The third kappa shape index (κ3) is 12.9. The highest BCUT2D eigenvalue weighted by Gasteiger charge is 2.45. The van der Waals surface area contributed by atoms with Crippen LogP contribution >= 0.6 is 0 Å². The van der Waals surface area contributed by atoms with Crippen LogP contribution in [-0.2, 0) is 16.0 Å². The molecule has 8 rings (SSSR count). The number of benzene rings is 4. The molecule has 0 bridgehead atoms. The van der Waals surface area contributed by atoms with E-state index in [4.69, 9.17) is 38.9 Å². The van der Waals surface area contributed by atoms with Gasteiger partial charge in [-0.3, -0.25) is 9.59 Å². The molecule has 4 aromatic rings. The van der Waals surface area contributed by atoms with Crippen molar-refractivity contribution in [1.82, 2.24) is 9.80 Å². The Morgan fingerprint density at radius 1 is 0.560 bits per heavy atom. The van der Waals surface area contributed by atoms with Crippen LogP contribution < -0.4 is 39.2 Å². The Balaban J connectivity index is 0.949. The van der Waals surface area contributed by atoms with Gasteiger partial charge in [0.1, 0.15) is 31.7 Å². The molecule has 0 aliphatic carbocycles. The highest BCUT2D eigenvalue weighted by molar-refractivity contribution is 6.76. The molecule has 0 fully saturated rings. The molecule has 0 spiro atoms. The van der Waals surface area contributed by atoms with Crippen LogP contribution in [0.5, 0.6) is 28.7 Å². The van der Waals surface area contributed by atoms with Crippen molar-refractivity contribution in [2.45, 2.75) is 115 Å². The number of anilines is 2. The molecule has 4 aliphatic rings. The molecule has 404 valence electrons. The Morgan fingerprint density at radius 3 is 1.37 bits per heavy atom. The zero-order chi connectivity index (χ0) is 53.6. The predicted octanol–water partition coefficient (Wildman–Crippen LogP) is 9.21. The Hall–Kier alpha value is -5.87. The molecule has 75 heavy (non-hydrogen) atoms. The zero-order valence-corrected chi connectivity index (χ0v) is 47.2. The van der Waals surface area contributed by atoms with E-state index in [9.17, 15) is 19.8 Å². The highest BCUT2D eigenvalue weighted by atomic mass is 28.3. The van der Waals surface area contributed by atoms with Crippen molar-refractivity contribution in [2.24, 2.45) is 5.73 Å². The first-order valence-electron chi connectivity index (χ1n) is 26.2. The number of carbonyl (C=O) groups is 2. The van der Waals surface area contributed by atoms with Gasteiger partial charge in [0.2, 0.25) is 0 Å². The van der Waals surface area contributed by atoms with Crippen LogP contribution in [-0.4, -0.2) is 134 Å². The van der Waals surface area contributed by atoms with E-state index in [0.717, 1.165) is 52.1 Å². The Kier molecular flexibility index (Phi) is 17.7. The molecule has 0 saturated carbocycles. The number of ether oxygens (including phenoxy) is 7. The number of nitrogens with zero attached hydrogens (tertiary/aromatic N) is 4. The third-order valence-corrected chi connectivity index (χ3v) is 17.8. The van der Waals surface area contributed by atoms with E-state index in [1.807, 2.05) is 60.9 Å². The summed E-state index contributed by atoms with van der Waals surface area (Å²) < 4.78 is 42.3. The highest BCUT2D eigenvalue weighted by Crippen LogP contribution is 2.45. The minimum Gasteiger partial charge on any atom is -0.497 e. The summed E-state index contributed by atoms with van der Waals surface area (Å²) in [5.74, 6) is 1.94. The van der Waals surface area contributed by atoms with E-state index in [0.29, 0.717) is 104 Å². The number of fused-ring (bicyclic) bond motifs is 4. The van der Waals surface area contributed by atoms with E-state index >= 15 is 0 Å². The predicted molar refractivity (Wildman–Crippen MR) is 298 cm³/mol. The number of unbranched alkanes of at least 4 members (excludes halogenated alkanes) is 2. The second-order valence-corrected chi connectivity index (χ2v) is 33.4. The maximum Gasteiger partial charge on any atom is 0.260 e. The zero-order valence-electron chi connectivity index (χ0n) is 45.2. The lowest BCUT2D eigenvalue weighted by molar-refractivity contribution is 0.0425. The molecule has 4 aliphatic heterocycles. The quantitative estimate of drug-likeness (QED) is 0.0447. The Morgan fingerprint density at radius 2 is 0.987 bits per heavy atom. The van der Waals surface area contributed by atoms with E-state index in [-0.39, 0.29) is 25.3 Å². The number of amides is 2. The van der Waals surface area contributed by atoms with Crippen LogP contribution in [0.4, 0.5) is 11.4 Å². The number of aliphatic hydroxyl groups is 2. The SMILES string of the molecule is COc1ccc(C2=CN3C(=O)c4cc(OC)c(OCCCCCOc5cc6c(cc5OC)C(=O)N5C=C(c7ccc(CN)cc7)C[C@H]5C(O)N6COCC[Si](C)(C)C)cc4N(COCC[Si](C)(C)C)C(O)[C@@H]3C2)cc1. The van der Waals surface area contributed by atoms with Crippen LogP contribution in [0.25, 0.3) is 11.1 Å². The van der Waals surface area contributed by atoms with Crippen LogP contribution in [0, 0.1) is 0 Å². The molecule has 4 aromatic carbocycles. The molecule has 16 nitrogen and oxygen atoms in total. The largest absolute Gasteiger partial charge is 0.497 e. The van der Waals surface area contributed by atoms with Crippen molar-refractivity contribution in [3.05, 3.63) is 113 Å². The van der Waals surface area contributed by atoms with Crippen molar-refractivity contribution in [1.29, 1.82) is 0 Å². The summed E-state index contributed by atoms with van der Waals surface area (Å²) >= 11 is 0. The lowest BCUT2D eigenvalue weighted by Crippen LogP contribution is -2.48.